The highest BCUT2D eigenvalue weighted by Crippen LogP contribution is 2.36. The fourth-order valence-corrected chi connectivity index (χ4v) is 3.88. The molecule has 5 nitrogen and oxygen atoms in total. The van der Waals surface area contributed by atoms with Crippen molar-refractivity contribution in [3.05, 3.63) is 76.8 Å². The van der Waals surface area contributed by atoms with Crippen LogP contribution in [0.1, 0.15) is 31.9 Å². The molecule has 0 aliphatic heterocycles. The van der Waals surface area contributed by atoms with E-state index in [-0.39, 0.29) is 12.0 Å². The molecule has 0 saturated heterocycles. The van der Waals surface area contributed by atoms with E-state index < -0.39 is 6.10 Å². The summed E-state index contributed by atoms with van der Waals surface area (Å²) in [6.07, 6.45) is 4.58. The van der Waals surface area contributed by atoms with Gasteiger partial charge in [-0.1, -0.05) is 39.0 Å². The van der Waals surface area contributed by atoms with Crippen LogP contribution in [0.25, 0.3) is 0 Å². The van der Waals surface area contributed by atoms with Crippen LogP contribution in [0.3, 0.4) is 0 Å². The second-order valence-electron chi connectivity index (χ2n) is 8.59. The Labute approximate surface area is 203 Å². The lowest BCUT2D eigenvalue weighted by Gasteiger charge is -2.27. The Morgan fingerprint density at radius 2 is 1.81 bits per heavy atom. The summed E-state index contributed by atoms with van der Waals surface area (Å²) < 4.78 is 14.4. The van der Waals surface area contributed by atoms with Crippen molar-refractivity contribution in [2.45, 2.75) is 38.8 Å². The number of aliphatic hydroxyl groups is 1. The Morgan fingerprint density at radius 1 is 1.09 bits per heavy atom. The molecule has 2 unspecified atom stereocenters. The van der Waals surface area contributed by atoms with E-state index in [1.165, 1.54) is 11.1 Å². The van der Waals surface area contributed by atoms with Crippen LogP contribution in [0.5, 0.6) is 11.5 Å². The van der Waals surface area contributed by atoms with Gasteiger partial charge in [-0.2, -0.15) is 0 Å². The van der Waals surface area contributed by atoms with Gasteiger partial charge in [-0.15, -0.1) is 11.6 Å². The Hall–Kier alpha value is -2.02. The molecule has 3 rings (SSSR count). The van der Waals surface area contributed by atoms with Crippen LogP contribution in [-0.4, -0.2) is 39.9 Å². The first kappa shape index (κ1) is 24.6. The van der Waals surface area contributed by atoms with E-state index in [9.17, 15) is 5.11 Å². The lowest BCUT2D eigenvalue weighted by atomic mass is 9.78. The number of halogens is 2. The lowest BCUT2D eigenvalue weighted by Crippen LogP contribution is -2.23. The highest BCUT2D eigenvalue weighted by atomic mass is 79.9. The van der Waals surface area contributed by atoms with Crippen LogP contribution in [0.4, 0.5) is 0 Å². The van der Waals surface area contributed by atoms with Gasteiger partial charge >= 0.3 is 0 Å². The first-order valence-electron chi connectivity index (χ1n) is 10.7. The molecule has 1 heterocycles. The molecule has 0 aliphatic carbocycles. The standard InChI is InChI=1S/C25H30BrClN2O3/c1-18(13-27)15-32-24-9-6-20(12-23(24)26)25(2,3)19-4-7-22(8-5-19)31-16-21(30)14-29-11-10-28-17-29/h4-12,17-18,21,30H,13-16H2,1-3H3. The number of benzene rings is 2. The fraction of sp³-hybridized carbons (Fsp3) is 0.400. The zero-order valence-corrected chi connectivity index (χ0v) is 21.0. The second-order valence-corrected chi connectivity index (χ2v) is 9.75. The normalized spacial score (nSPS) is 13.6. The quantitative estimate of drug-likeness (QED) is 0.331. The molecule has 1 aromatic heterocycles. The van der Waals surface area contributed by atoms with E-state index in [0.29, 0.717) is 24.9 Å². The molecule has 0 aliphatic rings. The van der Waals surface area contributed by atoms with Gasteiger partial charge in [0.15, 0.2) is 0 Å². The summed E-state index contributed by atoms with van der Waals surface area (Å²) in [5.74, 6) is 2.42. The molecule has 7 heteroatoms. The van der Waals surface area contributed by atoms with Gasteiger partial charge in [-0.25, -0.2) is 4.98 Å². The minimum Gasteiger partial charge on any atom is -0.492 e. The third-order valence-corrected chi connectivity index (χ3v) is 6.59. The van der Waals surface area contributed by atoms with E-state index in [0.717, 1.165) is 16.0 Å². The molecule has 0 amide bonds. The van der Waals surface area contributed by atoms with Crippen LogP contribution < -0.4 is 9.47 Å². The molecule has 32 heavy (non-hydrogen) atoms. The SMILES string of the molecule is CC(CCl)COc1ccc(C(C)(C)c2ccc(OCC(O)Cn3ccnc3)cc2)cc1Br. The highest BCUT2D eigenvalue weighted by Gasteiger charge is 2.24. The molecule has 0 fully saturated rings. The van der Waals surface area contributed by atoms with E-state index in [1.807, 2.05) is 29.0 Å². The second kappa shape index (κ2) is 11.2. The number of nitrogens with zero attached hydrogens (tertiary/aromatic N) is 2. The largest absolute Gasteiger partial charge is 0.492 e. The van der Waals surface area contributed by atoms with E-state index in [4.69, 9.17) is 21.1 Å². The van der Waals surface area contributed by atoms with Gasteiger partial charge in [-0.05, 0) is 51.3 Å². The zero-order valence-electron chi connectivity index (χ0n) is 18.7. The Bertz CT molecular complexity index is 977. The molecule has 3 aromatic rings. The van der Waals surface area contributed by atoms with Gasteiger partial charge in [-0.3, -0.25) is 0 Å². The van der Waals surface area contributed by atoms with Crippen LogP contribution in [0.2, 0.25) is 0 Å². The third kappa shape index (κ3) is 6.50. The molecule has 172 valence electrons. The number of hydrogen-bond acceptors (Lipinski definition) is 4. The van der Waals surface area contributed by atoms with Crippen molar-refractivity contribution in [2.75, 3.05) is 19.1 Å². The summed E-state index contributed by atoms with van der Waals surface area (Å²) in [5, 5.41) is 10.2. The molecule has 2 aromatic carbocycles. The average Bonchev–Trinajstić information content (AvgIpc) is 3.29. The Balaban J connectivity index is 1.62. The predicted octanol–water partition coefficient (Wildman–Crippen LogP) is 5.67. The topological polar surface area (TPSA) is 56.5 Å². The molecule has 0 spiro atoms. The van der Waals surface area contributed by atoms with Crippen LogP contribution >= 0.6 is 27.5 Å². The third-order valence-electron chi connectivity index (χ3n) is 5.44. The predicted molar refractivity (Wildman–Crippen MR) is 132 cm³/mol. The number of ether oxygens (including phenoxy) is 2. The summed E-state index contributed by atoms with van der Waals surface area (Å²) in [6, 6.07) is 14.2. The molecular formula is C25H30BrClN2O3. The van der Waals surface area contributed by atoms with Gasteiger partial charge in [0.1, 0.15) is 24.2 Å². The van der Waals surface area contributed by atoms with Crippen molar-refractivity contribution in [1.82, 2.24) is 9.55 Å². The van der Waals surface area contributed by atoms with Crippen molar-refractivity contribution in [2.24, 2.45) is 5.92 Å². The van der Waals surface area contributed by atoms with E-state index in [2.05, 4.69) is 66.0 Å². The Kier molecular flexibility index (Phi) is 8.63. The van der Waals surface area contributed by atoms with Gasteiger partial charge in [0.2, 0.25) is 0 Å². The number of aliphatic hydroxyl groups excluding tert-OH is 1. The van der Waals surface area contributed by atoms with Gasteiger partial charge in [0, 0.05) is 29.6 Å². The van der Waals surface area contributed by atoms with E-state index >= 15 is 0 Å². The first-order chi connectivity index (χ1) is 15.3. The van der Waals surface area contributed by atoms with Crippen molar-refractivity contribution >= 4 is 27.5 Å². The minimum absolute atomic E-state index is 0.204. The van der Waals surface area contributed by atoms with Crippen molar-refractivity contribution in [3.8, 4) is 11.5 Å². The molecule has 2 atom stereocenters. The number of rotatable bonds is 11. The van der Waals surface area contributed by atoms with Crippen LogP contribution in [0, 0.1) is 5.92 Å². The zero-order chi connectivity index (χ0) is 23.1. The average molecular weight is 522 g/mol. The van der Waals surface area contributed by atoms with Crippen molar-refractivity contribution in [3.63, 3.8) is 0 Å². The smallest absolute Gasteiger partial charge is 0.133 e. The van der Waals surface area contributed by atoms with Crippen molar-refractivity contribution in [1.29, 1.82) is 0 Å². The lowest BCUT2D eigenvalue weighted by molar-refractivity contribution is 0.0924. The number of aromatic nitrogens is 2. The summed E-state index contributed by atoms with van der Waals surface area (Å²) in [5.41, 5.74) is 2.14. The number of hydrogen-bond donors (Lipinski definition) is 1. The summed E-state index contributed by atoms with van der Waals surface area (Å²) in [6.45, 7) is 7.70. The van der Waals surface area contributed by atoms with E-state index in [1.54, 1.807) is 12.5 Å². The van der Waals surface area contributed by atoms with Gasteiger partial charge < -0.3 is 19.1 Å². The summed E-state index contributed by atoms with van der Waals surface area (Å²) >= 11 is 9.51. The van der Waals surface area contributed by atoms with Crippen LogP contribution in [0.15, 0.2) is 65.7 Å². The maximum absolute atomic E-state index is 10.2. The Morgan fingerprint density at radius 3 is 2.44 bits per heavy atom. The molecular weight excluding hydrogens is 492 g/mol. The molecule has 1 N–H and O–H groups in total. The van der Waals surface area contributed by atoms with Gasteiger partial charge in [0.25, 0.3) is 0 Å². The molecule has 0 saturated carbocycles. The summed E-state index contributed by atoms with van der Waals surface area (Å²) in [4.78, 5) is 3.98. The minimum atomic E-state index is -0.606. The van der Waals surface area contributed by atoms with Gasteiger partial charge in [0.05, 0.1) is 24.0 Å². The maximum Gasteiger partial charge on any atom is 0.133 e. The first-order valence-corrected chi connectivity index (χ1v) is 12.0. The summed E-state index contributed by atoms with van der Waals surface area (Å²) in [7, 11) is 0. The van der Waals surface area contributed by atoms with Crippen LogP contribution in [-0.2, 0) is 12.0 Å². The maximum atomic E-state index is 10.2. The monoisotopic (exact) mass is 520 g/mol. The van der Waals surface area contributed by atoms with Crippen molar-refractivity contribution < 1.29 is 14.6 Å². The number of alkyl halides is 1. The number of imidazole rings is 1. The fourth-order valence-electron chi connectivity index (χ4n) is 3.30. The molecule has 0 radical (unpaired) electrons. The highest BCUT2D eigenvalue weighted by molar-refractivity contribution is 9.10. The molecule has 0 bridgehead atoms.